The number of carbonyl (C=O) groups is 2. The first-order valence-electron chi connectivity index (χ1n) is 10.4. The minimum absolute atomic E-state index is 0.101. The Morgan fingerprint density at radius 3 is 1.79 bits per heavy atom. The predicted octanol–water partition coefficient (Wildman–Crippen LogP) is 5.94. The third-order valence-corrected chi connectivity index (χ3v) is 4.07. The number of rotatable bonds is 12. The van der Waals surface area contributed by atoms with E-state index in [9.17, 15) is 9.59 Å². The first kappa shape index (κ1) is 24.0. The van der Waals surface area contributed by atoms with Crippen LogP contribution in [0.5, 0.6) is 17.2 Å². The summed E-state index contributed by atoms with van der Waals surface area (Å²) in [6.07, 6.45) is 3.98. The summed E-state index contributed by atoms with van der Waals surface area (Å²) in [5.74, 6) is 1.20. The average Bonchev–Trinajstić information content (AvgIpc) is 2.56. The Morgan fingerprint density at radius 1 is 0.786 bits per heavy atom. The molecule has 0 N–H and O–H groups in total. The monoisotopic (exact) mass is 392 g/mol. The summed E-state index contributed by atoms with van der Waals surface area (Å²) in [5.41, 5.74) is 0. The first-order valence-corrected chi connectivity index (χ1v) is 10.4. The second kappa shape index (κ2) is 12.4. The molecule has 0 atom stereocenters. The number of hydrogen-bond donors (Lipinski definition) is 0. The van der Waals surface area contributed by atoms with E-state index in [0.717, 1.165) is 25.7 Å². The highest BCUT2D eigenvalue weighted by Gasteiger charge is 2.19. The standard InChI is InChI=1S/C23H36O5/c1-16(2)10-7-14-21(24)27-20-13-9-12-19(26-18(5)6)23(20)28-22(25)15-8-11-17(3)4/h9,12-13,16-18H,7-8,10-11,14-15H2,1-6H3. The van der Waals surface area contributed by atoms with Gasteiger partial charge in [-0.25, -0.2) is 0 Å². The molecule has 0 heterocycles. The molecule has 0 saturated heterocycles. The maximum Gasteiger partial charge on any atom is 0.311 e. The molecule has 1 aromatic carbocycles. The van der Waals surface area contributed by atoms with Gasteiger partial charge in [0.15, 0.2) is 11.5 Å². The lowest BCUT2D eigenvalue weighted by atomic mass is 10.1. The van der Waals surface area contributed by atoms with Crippen LogP contribution in [0.25, 0.3) is 0 Å². The van der Waals surface area contributed by atoms with Crippen molar-refractivity contribution < 1.29 is 23.8 Å². The van der Waals surface area contributed by atoms with Crippen molar-refractivity contribution in [3.63, 3.8) is 0 Å². The number of ether oxygens (including phenoxy) is 3. The highest BCUT2D eigenvalue weighted by molar-refractivity contribution is 5.77. The van der Waals surface area contributed by atoms with E-state index in [1.165, 1.54) is 0 Å². The summed E-state index contributed by atoms with van der Waals surface area (Å²) in [4.78, 5) is 24.5. The van der Waals surface area contributed by atoms with Crippen molar-refractivity contribution in [1.82, 2.24) is 0 Å². The summed E-state index contributed by atoms with van der Waals surface area (Å²) in [5, 5.41) is 0. The molecule has 0 aliphatic rings. The van der Waals surface area contributed by atoms with Gasteiger partial charge in [0.1, 0.15) is 0 Å². The largest absolute Gasteiger partial charge is 0.487 e. The van der Waals surface area contributed by atoms with E-state index >= 15 is 0 Å². The summed E-state index contributed by atoms with van der Waals surface area (Å²) in [6.45, 7) is 12.3. The quantitative estimate of drug-likeness (QED) is 0.325. The third kappa shape index (κ3) is 9.77. The SMILES string of the molecule is CC(C)CCCC(=O)Oc1cccc(OC(C)C)c1OC(=O)CCCC(C)C. The molecule has 0 fully saturated rings. The maximum atomic E-state index is 12.3. The van der Waals surface area contributed by atoms with E-state index in [-0.39, 0.29) is 29.5 Å². The number of para-hydroxylation sites is 1. The fourth-order valence-corrected chi connectivity index (χ4v) is 2.67. The highest BCUT2D eigenvalue weighted by atomic mass is 16.6. The van der Waals surface area contributed by atoms with Gasteiger partial charge in [-0.15, -0.1) is 0 Å². The van der Waals surface area contributed by atoms with Crippen LogP contribution in [0.1, 0.15) is 80.1 Å². The molecule has 1 aromatic rings. The van der Waals surface area contributed by atoms with Crippen LogP contribution in [-0.4, -0.2) is 18.0 Å². The van der Waals surface area contributed by atoms with Gasteiger partial charge in [-0.05, 0) is 50.7 Å². The number of hydrogen-bond acceptors (Lipinski definition) is 5. The summed E-state index contributed by atoms with van der Waals surface area (Å²) >= 11 is 0. The smallest absolute Gasteiger partial charge is 0.311 e. The van der Waals surface area contributed by atoms with Crippen molar-refractivity contribution in [2.45, 2.75) is 86.2 Å². The predicted molar refractivity (Wildman–Crippen MR) is 111 cm³/mol. The second-order valence-electron chi connectivity index (χ2n) is 8.27. The Bertz CT molecular complexity index is 619. The molecule has 0 aliphatic carbocycles. The Kier molecular flexibility index (Phi) is 10.6. The lowest BCUT2D eigenvalue weighted by Gasteiger charge is -2.17. The van der Waals surface area contributed by atoms with Crippen LogP contribution in [0.15, 0.2) is 18.2 Å². The lowest BCUT2D eigenvalue weighted by molar-refractivity contribution is -0.137. The normalized spacial score (nSPS) is 11.2. The van der Waals surface area contributed by atoms with E-state index in [2.05, 4.69) is 27.7 Å². The zero-order chi connectivity index (χ0) is 21.1. The molecule has 28 heavy (non-hydrogen) atoms. The molecule has 0 spiro atoms. The lowest BCUT2D eigenvalue weighted by Crippen LogP contribution is -2.14. The first-order chi connectivity index (χ1) is 13.2. The minimum Gasteiger partial charge on any atom is -0.487 e. The zero-order valence-electron chi connectivity index (χ0n) is 18.2. The Morgan fingerprint density at radius 2 is 1.29 bits per heavy atom. The fourth-order valence-electron chi connectivity index (χ4n) is 2.67. The van der Waals surface area contributed by atoms with E-state index in [1.807, 2.05) is 13.8 Å². The zero-order valence-corrected chi connectivity index (χ0v) is 18.2. The van der Waals surface area contributed by atoms with Crippen LogP contribution in [0.2, 0.25) is 0 Å². The van der Waals surface area contributed by atoms with Gasteiger partial charge >= 0.3 is 11.9 Å². The number of carbonyl (C=O) groups excluding carboxylic acids is 2. The topological polar surface area (TPSA) is 61.8 Å². The van der Waals surface area contributed by atoms with Crippen molar-refractivity contribution in [1.29, 1.82) is 0 Å². The summed E-state index contributed by atoms with van der Waals surface area (Å²) < 4.78 is 16.8. The van der Waals surface area contributed by atoms with Crippen molar-refractivity contribution in [2.24, 2.45) is 11.8 Å². The molecule has 5 nitrogen and oxygen atoms in total. The average molecular weight is 393 g/mol. The van der Waals surface area contributed by atoms with Crippen LogP contribution in [0, 0.1) is 11.8 Å². The van der Waals surface area contributed by atoms with Gasteiger partial charge in [-0.3, -0.25) is 9.59 Å². The summed E-state index contributed by atoms with van der Waals surface area (Å²) in [6, 6.07) is 5.07. The molecular weight excluding hydrogens is 356 g/mol. The van der Waals surface area contributed by atoms with Crippen LogP contribution in [-0.2, 0) is 9.59 Å². The van der Waals surface area contributed by atoms with E-state index in [4.69, 9.17) is 14.2 Å². The van der Waals surface area contributed by atoms with Gasteiger partial charge in [0.2, 0.25) is 5.75 Å². The van der Waals surface area contributed by atoms with Gasteiger partial charge in [0.05, 0.1) is 6.10 Å². The molecule has 0 bridgehead atoms. The Balaban J connectivity index is 2.87. The van der Waals surface area contributed by atoms with Gasteiger partial charge in [0.25, 0.3) is 0 Å². The Hall–Kier alpha value is -2.04. The van der Waals surface area contributed by atoms with Gasteiger partial charge in [-0.1, -0.05) is 46.6 Å². The second-order valence-corrected chi connectivity index (χ2v) is 8.27. The molecular formula is C23H36O5. The van der Waals surface area contributed by atoms with Crippen LogP contribution in [0.3, 0.4) is 0 Å². The molecule has 1 rings (SSSR count). The van der Waals surface area contributed by atoms with Crippen LogP contribution < -0.4 is 14.2 Å². The molecule has 0 unspecified atom stereocenters. The molecule has 0 amide bonds. The molecule has 0 radical (unpaired) electrons. The van der Waals surface area contributed by atoms with Crippen molar-refractivity contribution in [3.8, 4) is 17.2 Å². The third-order valence-electron chi connectivity index (χ3n) is 4.07. The van der Waals surface area contributed by atoms with Gasteiger partial charge < -0.3 is 14.2 Å². The minimum atomic E-state index is -0.349. The Labute approximate surface area is 169 Å². The van der Waals surface area contributed by atoms with E-state index < -0.39 is 0 Å². The molecule has 0 aliphatic heterocycles. The fraction of sp³-hybridized carbons (Fsp3) is 0.652. The van der Waals surface area contributed by atoms with E-state index in [1.54, 1.807) is 18.2 Å². The summed E-state index contributed by atoms with van der Waals surface area (Å²) in [7, 11) is 0. The van der Waals surface area contributed by atoms with Crippen molar-refractivity contribution in [3.05, 3.63) is 18.2 Å². The van der Waals surface area contributed by atoms with Gasteiger partial charge in [0, 0.05) is 12.8 Å². The van der Waals surface area contributed by atoms with Crippen molar-refractivity contribution in [2.75, 3.05) is 0 Å². The molecule has 0 aromatic heterocycles. The van der Waals surface area contributed by atoms with Gasteiger partial charge in [-0.2, -0.15) is 0 Å². The van der Waals surface area contributed by atoms with Crippen molar-refractivity contribution >= 4 is 11.9 Å². The molecule has 158 valence electrons. The van der Waals surface area contributed by atoms with E-state index in [0.29, 0.717) is 30.4 Å². The number of benzene rings is 1. The molecule has 5 heteroatoms. The van der Waals surface area contributed by atoms with Crippen LogP contribution >= 0.6 is 0 Å². The molecule has 0 saturated carbocycles. The van der Waals surface area contributed by atoms with Crippen LogP contribution in [0.4, 0.5) is 0 Å². The maximum absolute atomic E-state index is 12.3. The number of esters is 2. The highest BCUT2D eigenvalue weighted by Crippen LogP contribution is 2.38.